The smallest absolute Gasteiger partial charge is 0.407 e. The Morgan fingerprint density at radius 1 is 1.24 bits per heavy atom. The lowest BCUT2D eigenvalue weighted by Gasteiger charge is -2.20. The molecule has 0 bridgehead atoms. The van der Waals surface area contributed by atoms with E-state index in [2.05, 4.69) is 32.8 Å². The molecule has 1 unspecified atom stereocenters. The maximum absolute atomic E-state index is 11.5. The number of nitrogens with zero attached hydrogens (tertiary/aromatic N) is 2. The molecule has 25 heavy (non-hydrogen) atoms. The number of carbonyl (C=O) groups is 1. The van der Waals surface area contributed by atoms with E-state index in [1.807, 2.05) is 20.8 Å². The summed E-state index contributed by atoms with van der Waals surface area (Å²) in [6.45, 7) is 13.4. The molecule has 0 aromatic carbocycles. The van der Waals surface area contributed by atoms with Crippen molar-refractivity contribution in [2.24, 2.45) is 10.9 Å². The Hall–Kier alpha value is -0.770. The Bertz CT molecular complexity index is 412. The van der Waals surface area contributed by atoms with Gasteiger partial charge in [0, 0.05) is 33.2 Å². The summed E-state index contributed by atoms with van der Waals surface area (Å²) in [7, 11) is 1.76. The van der Waals surface area contributed by atoms with Gasteiger partial charge in [-0.1, -0.05) is 6.92 Å². The van der Waals surface area contributed by atoms with Crippen LogP contribution in [0.3, 0.4) is 0 Å². The van der Waals surface area contributed by atoms with E-state index >= 15 is 0 Å². The zero-order valence-electron chi connectivity index (χ0n) is 16.4. The van der Waals surface area contributed by atoms with E-state index in [9.17, 15) is 4.79 Å². The van der Waals surface area contributed by atoms with Crippen molar-refractivity contribution in [3.8, 4) is 0 Å². The van der Waals surface area contributed by atoms with Crippen LogP contribution in [-0.4, -0.2) is 68.9 Å². The summed E-state index contributed by atoms with van der Waals surface area (Å²) in [4.78, 5) is 18.3. The second kappa shape index (κ2) is 12.6. The summed E-state index contributed by atoms with van der Waals surface area (Å²) in [5, 5.41) is 9.29. The van der Waals surface area contributed by atoms with Gasteiger partial charge >= 0.3 is 6.09 Å². The molecule has 1 saturated heterocycles. The molecule has 0 aliphatic carbocycles. The lowest BCUT2D eigenvalue weighted by atomic mass is 10.1. The van der Waals surface area contributed by atoms with E-state index < -0.39 is 11.7 Å². The number of carbonyl (C=O) groups excluding carboxylic acids is 1. The molecule has 1 aliphatic rings. The maximum atomic E-state index is 11.5. The molecule has 3 N–H and O–H groups in total. The van der Waals surface area contributed by atoms with E-state index in [1.54, 1.807) is 7.05 Å². The first kappa shape index (κ1) is 24.2. The zero-order valence-corrected chi connectivity index (χ0v) is 18.7. The second-order valence-electron chi connectivity index (χ2n) is 7.26. The number of likely N-dealkylation sites (tertiary alicyclic amines) is 1. The van der Waals surface area contributed by atoms with Crippen molar-refractivity contribution in [3.63, 3.8) is 0 Å². The van der Waals surface area contributed by atoms with Crippen LogP contribution in [0.15, 0.2) is 4.99 Å². The number of halogens is 1. The van der Waals surface area contributed by atoms with E-state index in [0.29, 0.717) is 19.0 Å². The first-order chi connectivity index (χ1) is 11.3. The number of amides is 1. The number of aliphatic imine (C=N–C) groups is 1. The van der Waals surface area contributed by atoms with Gasteiger partial charge in [0.2, 0.25) is 0 Å². The standard InChI is InChI=1S/C17H35N5O2.HI/c1-6-10-22-11-7-14(13-22)12-21-15(18-5)19-8-9-20-16(23)24-17(2,3)4;/h14H,6-13H2,1-5H3,(H,20,23)(H2,18,19,21);1H. The third kappa shape index (κ3) is 11.5. The Morgan fingerprint density at radius 2 is 1.92 bits per heavy atom. The average molecular weight is 469 g/mol. The summed E-state index contributed by atoms with van der Waals surface area (Å²) >= 11 is 0. The molecule has 148 valence electrons. The Labute approximate surface area is 169 Å². The van der Waals surface area contributed by atoms with Crippen LogP contribution >= 0.6 is 24.0 Å². The first-order valence-corrected chi connectivity index (χ1v) is 8.97. The van der Waals surface area contributed by atoms with Gasteiger partial charge in [0.1, 0.15) is 5.60 Å². The van der Waals surface area contributed by atoms with Gasteiger partial charge in [-0.3, -0.25) is 4.99 Å². The van der Waals surface area contributed by atoms with Crippen LogP contribution in [0.2, 0.25) is 0 Å². The third-order valence-electron chi connectivity index (χ3n) is 3.78. The van der Waals surface area contributed by atoms with Crippen molar-refractivity contribution in [2.45, 2.75) is 46.1 Å². The van der Waals surface area contributed by atoms with Crippen molar-refractivity contribution in [2.75, 3.05) is 46.3 Å². The Kier molecular flexibility index (Phi) is 12.2. The highest BCUT2D eigenvalue weighted by atomic mass is 127. The van der Waals surface area contributed by atoms with Gasteiger partial charge < -0.3 is 25.6 Å². The van der Waals surface area contributed by atoms with Crippen molar-refractivity contribution >= 4 is 36.0 Å². The maximum Gasteiger partial charge on any atom is 0.407 e. The van der Waals surface area contributed by atoms with Crippen LogP contribution in [0.1, 0.15) is 40.5 Å². The van der Waals surface area contributed by atoms with Crippen molar-refractivity contribution in [3.05, 3.63) is 0 Å². The third-order valence-corrected chi connectivity index (χ3v) is 3.78. The molecule has 7 nitrogen and oxygen atoms in total. The molecule has 0 aromatic rings. The quantitative estimate of drug-likeness (QED) is 0.230. The highest BCUT2D eigenvalue weighted by Gasteiger charge is 2.21. The molecule has 1 amide bonds. The second-order valence-corrected chi connectivity index (χ2v) is 7.26. The van der Waals surface area contributed by atoms with E-state index in [1.165, 1.54) is 25.9 Å². The van der Waals surface area contributed by atoms with Crippen molar-refractivity contribution < 1.29 is 9.53 Å². The molecule has 0 radical (unpaired) electrons. The van der Waals surface area contributed by atoms with Crippen LogP contribution < -0.4 is 16.0 Å². The van der Waals surface area contributed by atoms with Gasteiger partial charge in [0.15, 0.2) is 5.96 Å². The molecule has 0 spiro atoms. The lowest BCUT2D eigenvalue weighted by Crippen LogP contribution is -2.44. The summed E-state index contributed by atoms with van der Waals surface area (Å²) < 4.78 is 5.19. The van der Waals surface area contributed by atoms with Crippen molar-refractivity contribution in [1.29, 1.82) is 0 Å². The number of hydrogen-bond acceptors (Lipinski definition) is 4. The fourth-order valence-corrected chi connectivity index (χ4v) is 2.72. The number of nitrogens with one attached hydrogen (secondary N) is 3. The minimum absolute atomic E-state index is 0. The fourth-order valence-electron chi connectivity index (χ4n) is 2.72. The lowest BCUT2D eigenvalue weighted by molar-refractivity contribution is 0.0529. The molecular weight excluding hydrogens is 433 g/mol. The van der Waals surface area contributed by atoms with Gasteiger partial charge in [0.05, 0.1) is 0 Å². The molecule has 1 fully saturated rings. The minimum Gasteiger partial charge on any atom is -0.444 e. The van der Waals surface area contributed by atoms with E-state index in [0.717, 1.165) is 19.0 Å². The summed E-state index contributed by atoms with van der Waals surface area (Å²) in [6, 6.07) is 0. The number of ether oxygens (including phenoxy) is 1. The predicted octanol–water partition coefficient (Wildman–Crippen LogP) is 2.03. The van der Waals surface area contributed by atoms with Gasteiger partial charge in [-0.25, -0.2) is 4.79 Å². The Balaban J connectivity index is 0.00000576. The number of rotatable bonds is 7. The van der Waals surface area contributed by atoms with E-state index in [4.69, 9.17) is 4.74 Å². The monoisotopic (exact) mass is 469 g/mol. The van der Waals surface area contributed by atoms with Crippen LogP contribution in [0.5, 0.6) is 0 Å². The predicted molar refractivity (Wildman–Crippen MR) is 114 cm³/mol. The van der Waals surface area contributed by atoms with Gasteiger partial charge in [-0.05, 0) is 52.6 Å². The largest absolute Gasteiger partial charge is 0.444 e. The van der Waals surface area contributed by atoms with Gasteiger partial charge in [0.25, 0.3) is 0 Å². The Morgan fingerprint density at radius 3 is 2.52 bits per heavy atom. The van der Waals surface area contributed by atoms with E-state index in [-0.39, 0.29) is 24.0 Å². The van der Waals surface area contributed by atoms with Crippen LogP contribution in [-0.2, 0) is 4.74 Å². The highest BCUT2D eigenvalue weighted by molar-refractivity contribution is 14.0. The molecular formula is C17H36IN5O2. The van der Waals surface area contributed by atoms with Crippen LogP contribution in [0.25, 0.3) is 0 Å². The van der Waals surface area contributed by atoms with Gasteiger partial charge in [-0.15, -0.1) is 24.0 Å². The average Bonchev–Trinajstić information content (AvgIpc) is 2.93. The topological polar surface area (TPSA) is 78.0 Å². The molecule has 1 aliphatic heterocycles. The first-order valence-electron chi connectivity index (χ1n) is 8.97. The van der Waals surface area contributed by atoms with Crippen LogP contribution in [0.4, 0.5) is 4.79 Å². The molecule has 0 aromatic heterocycles. The SMILES string of the molecule is CCCN1CCC(CNC(=NC)NCCNC(=O)OC(C)(C)C)C1.I. The molecule has 0 saturated carbocycles. The fraction of sp³-hybridized carbons (Fsp3) is 0.882. The normalized spacial score (nSPS) is 18.4. The summed E-state index contributed by atoms with van der Waals surface area (Å²) in [5.41, 5.74) is -0.470. The zero-order chi connectivity index (χ0) is 18.0. The highest BCUT2D eigenvalue weighted by Crippen LogP contribution is 2.15. The number of guanidine groups is 1. The number of hydrogen-bond donors (Lipinski definition) is 3. The van der Waals surface area contributed by atoms with Crippen LogP contribution in [0, 0.1) is 5.92 Å². The van der Waals surface area contributed by atoms with Gasteiger partial charge in [-0.2, -0.15) is 0 Å². The molecule has 1 rings (SSSR count). The summed E-state index contributed by atoms with van der Waals surface area (Å²) in [6.07, 6.45) is 2.06. The molecule has 1 heterocycles. The molecule has 8 heteroatoms. The summed E-state index contributed by atoms with van der Waals surface area (Å²) in [5.74, 6) is 1.45. The minimum atomic E-state index is -0.470. The molecule has 1 atom stereocenters. The van der Waals surface area contributed by atoms with Crippen molar-refractivity contribution in [1.82, 2.24) is 20.9 Å². The number of alkyl carbamates (subject to hydrolysis) is 1.